The first kappa shape index (κ1) is 28.6. The zero-order chi connectivity index (χ0) is 28.2. The molecule has 1 fully saturated rings. The second-order valence-electron chi connectivity index (χ2n) is 10.1. The Morgan fingerprint density at radius 1 is 1.13 bits per heavy atom. The van der Waals surface area contributed by atoms with Crippen LogP contribution in [-0.4, -0.2) is 59.4 Å². The molecule has 0 saturated carbocycles. The number of carbonyl (C=O) groups is 1. The molecule has 4 rings (SSSR count). The minimum absolute atomic E-state index is 0.0761. The second-order valence-corrected chi connectivity index (χ2v) is 10.1. The molecule has 0 radical (unpaired) electrons. The largest absolute Gasteiger partial charge is 0.497 e. The number of aliphatic hydroxyl groups excluding tert-OH is 1. The summed E-state index contributed by atoms with van der Waals surface area (Å²) >= 11 is 0. The molecule has 1 atom stereocenters. The number of aromatic nitrogens is 1. The number of carboxylic acid groups (broad SMARTS) is 1. The standard InChI is InChI=1S/C28H31F4N3O4/c1-39-18-2-3-23-19(14-18)26(22(31)16-34-23)24(36)4-5-28(15-25(37)38)6-9-35(10-7-28)11-8-33-17-12-20(29)27(32)21(30)13-17/h2-3,12-14,16,24,33,36H,4-11,15H2,1H3,(H,37,38)/t24-/m0/s1. The molecule has 210 valence electrons. The maximum absolute atomic E-state index is 14.8. The van der Waals surface area contributed by atoms with E-state index in [-0.39, 0.29) is 24.1 Å². The minimum atomic E-state index is -1.52. The molecule has 3 aromatic rings. The number of carboxylic acids is 1. The van der Waals surface area contributed by atoms with Crippen LogP contribution in [0.4, 0.5) is 23.2 Å². The zero-order valence-corrected chi connectivity index (χ0v) is 21.5. The van der Waals surface area contributed by atoms with Crippen LogP contribution >= 0.6 is 0 Å². The van der Waals surface area contributed by atoms with Crippen molar-refractivity contribution in [2.75, 3.05) is 38.6 Å². The summed E-state index contributed by atoms with van der Waals surface area (Å²) in [5, 5.41) is 23.9. The van der Waals surface area contributed by atoms with E-state index >= 15 is 0 Å². The van der Waals surface area contributed by atoms with E-state index in [1.807, 2.05) is 0 Å². The Hall–Kier alpha value is -3.44. The van der Waals surface area contributed by atoms with Gasteiger partial charge in [0.05, 0.1) is 31.3 Å². The number of nitrogens with zero attached hydrogens (tertiary/aromatic N) is 2. The van der Waals surface area contributed by atoms with Gasteiger partial charge < -0.3 is 25.2 Å². The van der Waals surface area contributed by atoms with Crippen LogP contribution in [0.1, 0.15) is 43.8 Å². The van der Waals surface area contributed by atoms with E-state index in [1.165, 1.54) is 7.11 Å². The Labute approximate surface area is 223 Å². The van der Waals surface area contributed by atoms with E-state index < -0.39 is 40.8 Å². The van der Waals surface area contributed by atoms with Gasteiger partial charge in [-0.2, -0.15) is 0 Å². The number of anilines is 1. The smallest absolute Gasteiger partial charge is 0.303 e. The first-order valence-corrected chi connectivity index (χ1v) is 12.7. The molecule has 0 spiro atoms. The highest BCUT2D eigenvalue weighted by atomic mass is 19.2. The van der Waals surface area contributed by atoms with E-state index in [1.54, 1.807) is 18.2 Å². The summed E-state index contributed by atoms with van der Waals surface area (Å²) in [6.07, 6.45) is 1.50. The third-order valence-electron chi connectivity index (χ3n) is 7.53. The number of likely N-dealkylation sites (tertiary alicyclic amines) is 1. The summed E-state index contributed by atoms with van der Waals surface area (Å²) in [6.45, 7) is 2.05. The number of methoxy groups -OCH3 is 1. The Morgan fingerprint density at radius 3 is 2.46 bits per heavy atom. The number of hydrogen-bond acceptors (Lipinski definition) is 6. The molecule has 1 aliphatic heterocycles. The highest BCUT2D eigenvalue weighted by molar-refractivity contribution is 5.84. The summed E-state index contributed by atoms with van der Waals surface area (Å²) in [5.74, 6) is -5.13. The van der Waals surface area contributed by atoms with Crippen LogP contribution in [0.15, 0.2) is 36.5 Å². The lowest BCUT2D eigenvalue weighted by Gasteiger charge is -2.41. The highest BCUT2D eigenvalue weighted by Crippen LogP contribution is 2.42. The molecule has 7 nitrogen and oxygen atoms in total. The van der Waals surface area contributed by atoms with Crippen molar-refractivity contribution in [1.82, 2.24) is 9.88 Å². The van der Waals surface area contributed by atoms with E-state index in [0.717, 1.165) is 18.3 Å². The number of fused-ring (bicyclic) bond motifs is 1. The quantitative estimate of drug-likeness (QED) is 0.221. The van der Waals surface area contributed by atoms with E-state index in [4.69, 9.17) is 4.74 Å². The number of aliphatic hydroxyl groups is 1. The van der Waals surface area contributed by atoms with E-state index in [0.29, 0.717) is 62.1 Å². The van der Waals surface area contributed by atoms with Gasteiger partial charge in [0.15, 0.2) is 17.5 Å². The van der Waals surface area contributed by atoms with E-state index in [2.05, 4.69) is 15.2 Å². The molecule has 2 heterocycles. The van der Waals surface area contributed by atoms with Crippen LogP contribution < -0.4 is 10.1 Å². The molecule has 11 heteroatoms. The number of nitrogens with one attached hydrogen (secondary N) is 1. The van der Waals surface area contributed by atoms with Crippen molar-refractivity contribution in [2.45, 2.75) is 38.2 Å². The van der Waals surface area contributed by atoms with Crippen LogP contribution in [-0.2, 0) is 4.79 Å². The molecule has 0 amide bonds. The fourth-order valence-electron chi connectivity index (χ4n) is 5.32. The van der Waals surface area contributed by atoms with Gasteiger partial charge in [-0.3, -0.25) is 9.78 Å². The third-order valence-corrected chi connectivity index (χ3v) is 7.53. The first-order chi connectivity index (χ1) is 18.6. The van der Waals surface area contributed by atoms with Crippen LogP contribution in [0.2, 0.25) is 0 Å². The fraction of sp³-hybridized carbons (Fsp3) is 0.429. The molecule has 0 unspecified atom stereocenters. The van der Waals surface area contributed by atoms with Gasteiger partial charge in [0.2, 0.25) is 0 Å². The monoisotopic (exact) mass is 549 g/mol. The van der Waals surface area contributed by atoms with Crippen molar-refractivity contribution in [2.24, 2.45) is 5.41 Å². The lowest BCUT2D eigenvalue weighted by Crippen LogP contribution is -2.43. The maximum atomic E-state index is 14.8. The summed E-state index contributed by atoms with van der Waals surface area (Å²) in [7, 11) is 1.49. The van der Waals surface area contributed by atoms with Crippen molar-refractivity contribution in [3.8, 4) is 5.75 Å². The number of halogens is 4. The molecule has 2 aromatic carbocycles. The lowest BCUT2D eigenvalue weighted by atomic mass is 9.71. The minimum Gasteiger partial charge on any atom is -0.497 e. The average Bonchev–Trinajstić information content (AvgIpc) is 2.90. The van der Waals surface area contributed by atoms with Gasteiger partial charge in [-0.05, 0) is 62.4 Å². The zero-order valence-electron chi connectivity index (χ0n) is 21.5. The van der Waals surface area contributed by atoms with Gasteiger partial charge in [-0.25, -0.2) is 17.6 Å². The number of pyridine rings is 1. The molecule has 0 bridgehead atoms. The van der Waals surface area contributed by atoms with Gasteiger partial charge in [-0.15, -0.1) is 0 Å². The summed E-state index contributed by atoms with van der Waals surface area (Å²) in [6, 6.07) is 6.79. The van der Waals surface area contributed by atoms with Gasteiger partial charge >= 0.3 is 5.97 Å². The summed E-state index contributed by atoms with van der Waals surface area (Å²) < 4.78 is 60.0. The Bertz CT molecular complexity index is 1310. The number of rotatable bonds is 11. The summed E-state index contributed by atoms with van der Waals surface area (Å²) in [5.41, 5.74) is 0.184. The number of hydrogen-bond donors (Lipinski definition) is 3. The molecule has 0 aliphatic carbocycles. The second kappa shape index (κ2) is 12.2. The van der Waals surface area contributed by atoms with Crippen molar-refractivity contribution in [1.29, 1.82) is 0 Å². The van der Waals surface area contributed by atoms with Crippen LogP contribution in [0, 0.1) is 28.7 Å². The van der Waals surface area contributed by atoms with Gasteiger partial charge in [0.1, 0.15) is 11.6 Å². The molecule has 3 N–H and O–H groups in total. The SMILES string of the molecule is COc1ccc2ncc(F)c([C@@H](O)CCC3(CC(=O)O)CCN(CCNc4cc(F)c(F)c(F)c4)CC3)c2c1. The Morgan fingerprint density at radius 2 is 1.82 bits per heavy atom. The summed E-state index contributed by atoms with van der Waals surface area (Å²) in [4.78, 5) is 17.9. The molecular formula is C28H31F4N3O4. The first-order valence-electron chi connectivity index (χ1n) is 12.7. The number of piperidine rings is 1. The Kier molecular flexibility index (Phi) is 8.91. The average molecular weight is 550 g/mol. The van der Waals surface area contributed by atoms with Crippen molar-refractivity contribution in [3.63, 3.8) is 0 Å². The Balaban J connectivity index is 1.38. The molecule has 1 aliphatic rings. The third kappa shape index (κ3) is 6.77. The lowest BCUT2D eigenvalue weighted by molar-refractivity contribution is -0.141. The van der Waals surface area contributed by atoms with E-state index in [9.17, 15) is 32.6 Å². The molecule has 1 saturated heterocycles. The van der Waals surface area contributed by atoms with Crippen LogP contribution in [0.25, 0.3) is 10.9 Å². The van der Waals surface area contributed by atoms with Gasteiger partial charge in [0, 0.05) is 41.9 Å². The number of benzene rings is 2. The fourth-order valence-corrected chi connectivity index (χ4v) is 5.32. The topological polar surface area (TPSA) is 94.9 Å². The number of aliphatic carboxylic acids is 1. The number of ether oxygens (including phenoxy) is 1. The maximum Gasteiger partial charge on any atom is 0.303 e. The van der Waals surface area contributed by atoms with Crippen LogP contribution in [0.5, 0.6) is 5.75 Å². The molecule has 1 aromatic heterocycles. The molecular weight excluding hydrogens is 518 g/mol. The highest BCUT2D eigenvalue weighted by Gasteiger charge is 2.37. The van der Waals surface area contributed by atoms with Crippen LogP contribution in [0.3, 0.4) is 0 Å². The van der Waals surface area contributed by atoms with Crippen molar-refractivity contribution >= 4 is 22.6 Å². The molecule has 39 heavy (non-hydrogen) atoms. The van der Waals surface area contributed by atoms with Gasteiger partial charge in [-0.1, -0.05) is 0 Å². The predicted molar refractivity (Wildman–Crippen MR) is 138 cm³/mol. The van der Waals surface area contributed by atoms with Gasteiger partial charge in [0.25, 0.3) is 0 Å². The van der Waals surface area contributed by atoms with Crippen molar-refractivity contribution in [3.05, 3.63) is 65.4 Å². The predicted octanol–water partition coefficient (Wildman–Crippen LogP) is 5.28. The van der Waals surface area contributed by atoms with Crippen molar-refractivity contribution < 1.29 is 37.3 Å². The normalized spacial score (nSPS) is 16.3.